The Morgan fingerprint density at radius 3 is 2.81 bits per heavy atom. The molecule has 1 atom stereocenters. The largest absolute Gasteiger partial charge is 0.492 e. The zero-order valence-electron chi connectivity index (χ0n) is 12.3. The summed E-state index contributed by atoms with van der Waals surface area (Å²) in [4.78, 5) is 12.0. The molecule has 0 unspecified atom stereocenters. The molecule has 0 aliphatic heterocycles. The van der Waals surface area contributed by atoms with Crippen LogP contribution in [0.3, 0.4) is 0 Å². The molecule has 0 saturated carbocycles. The second kappa shape index (κ2) is 7.50. The minimum atomic E-state index is -0.124. The van der Waals surface area contributed by atoms with Gasteiger partial charge in [-0.25, -0.2) is 0 Å². The van der Waals surface area contributed by atoms with Crippen molar-refractivity contribution in [2.45, 2.75) is 19.9 Å². The lowest BCUT2D eigenvalue weighted by atomic mass is 10.2. The highest BCUT2D eigenvalue weighted by atomic mass is 16.5. The molecule has 0 aliphatic carbocycles. The van der Waals surface area contributed by atoms with Crippen molar-refractivity contribution in [3.05, 3.63) is 48.4 Å². The average Bonchev–Trinajstić information content (AvgIpc) is 3.01. The van der Waals surface area contributed by atoms with Crippen LogP contribution in [0.2, 0.25) is 0 Å². The molecule has 1 amide bonds. The monoisotopic (exact) mass is 288 g/mol. The van der Waals surface area contributed by atoms with Crippen LogP contribution in [0.25, 0.3) is 0 Å². The predicted molar refractivity (Wildman–Crippen MR) is 81.4 cm³/mol. The van der Waals surface area contributed by atoms with E-state index in [4.69, 9.17) is 9.15 Å². The fourth-order valence-corrected chi connectivity index (χ4v) is 1.93. The SMILES string of the molecule is CCOc1ccccc1NC(=O)CN[C@@H](C)c1ccco1. The number of para-hydroxylation sites is 2. The van der Waals surface area contributed by atoms with E-state index >= 15 is 0 Å². The van der Waals surface area contributed by atoms with Gasteiger partial charge >= 0.3 is 0 Å². The molecular weight excluding hydrogens is 268 g/mol. The lowest BCUT2D eigenvalue weighted by Crippen LogP contribution is -2.30. The third-order valence-electron chi connectivity index (χ3n) is 3.00. The Hall–Kier alpha value is -2.27. The number of hydrogen-bond donors (Lipinski definition) is 2. The first-order valence-electron chi connectivity index (χ1n) is 6.99. The van der Waals surface area contributed by atoms with Crippen molar-refractivity contribution >= 4 is 11.6 Å². The topological polar surface area (TPSA) is 63.5 Å². The van der Waals surface area contributed by atoms with Crippen LogP contribution in [-0.2, 0) is 4.79 Å². The van der Waals surface area contributed by atoms with Gasteiger partial charge < -0.3 is 14.5 Å². The molecule has 21 heavy (non-hydrogen) atoms. The molecule has 112 valence electrons. The van der Waals surface area contributed by atoms with Crippen LogP contribution in [0, 0.1) is 0 Å². The van der Waals surface area contributed by atoms with Crippen molar-refractivity contribution in [1.29, 1.82) is 0 Å². The molecule has 0 spiro atoms. The van der Waals surface area contributed by atoms with E-state index in [2.05, 4.69) is 10.6 Å². The number of anilines is 1. The predicted octanol–water partition coefficient (Wildman–Crippen LogP) is 2.97. The molecule has 1 heterocycles. The molecular formula is C16H20N2O3. The maximum absolute atomic E-state index is 12.0. The second-order valence-corrected chi connectivity index (χ2v) is 4.60. The molecule has 0 bridgehead atoms. The van der Waals surface area contributed by atoms with Gasteiger partial charge in [-0.1, -0.05) is 12.1 Å². The molecule has 1 aromatic heterocycles. The summed E-state index contributed by atoms with van der Waals surface area (Å²) in [5, 5.41) is 5.95. The van der Waals surface area contributed by atoms with Gasteiger partial charge in [0.15, 0.2) is 0 Å². The second-order valence-electron chi connectivity index (χ2n) is 4.60. The van der Waals surface area contributed by atoms with Gasteiger partial charge in [-0.15, -0.1) is 0 Å². The summed E-state index contributed by atoms with van der Waals surface area (Å²) in [6.45, 7) is 4.61. The van der Waals surface area contributed by atoms with Crippen molar-refractivity contribution in [3.63, 3.8) is 0 Å². The van der Waals surface area contributed by atoms with Gasteiger partial charge in [-0.2, -0.15) is 0 Å². The normalized spacial score (nSPS) is 11.9. The molecule has 0 fully saturated rings. The molecule has 2 N–H and O–H groups in total. The quantitative estimate of drug-likeness (QED) is 0.822. The van der Waals surface area contributed by atoms with Gasteiger partial charge in [0.2, 0.25) is 5.91 Å². The maximum Gasteiger partial charge on any atom is 0.238 e. The van der Waals surface area contributed by atoms with Crippen molar-refractivity contribution in [1.82, 2.24) is 5.32 Å². The van der Waals surface area contributed by atoms with Crippen LogP contribution in [0.5, 0.6) is 5.75 Å². The number of hydrogen-bond acceptors (Lipinski definition) is 4. The number of rotatable bonds is 7. The van der Waals surface area contributed by atoms with Crippen LogP contribution in [0.15, 0.2) is 47.1 Å². The van der Waals surface area contributed by atoms with Gasteiger partial charge in [-0.3, -0.25) is 10.1 Å². The summed E-state index contributed by atoms with van der Waals surface area (Å²) in [6.07, 6.45) is 1.62. The average molecular weight is 288 g/mol. The minimum absolute atomic E-state index is 0.0205. The van der Waals surface area contributed by atoms with E-state index in [0.29, 0.717) is 18.0 Å². The summed E-state index contributed by atoms with van der Waals surface area (Å²) in [7, 11) is 0. The van der Waals surface area contributed by atoms with E-state index in [-0.39, 0.29) is 18.5 Å². The smallest absolute Gasteiger partial charge is 0.238 e. The van der Waals surface area contributed by atoms with E-state index in [9.17, 15) is 4.79 Å². The lowest BCUT2D eigenvalue weighted by molar-refractivity contribution is -0.115. The highest BCUT2D eigenvalue weighted by Crippen LogP contribution is 2.23. The summed E-state index contributed by atoms with van der Waals surface area (Å²) in [5.41, 5.74) is 0.678. The highest BCUT2D eigenvalue weighted by Gasteiger charge is 2.11. The summed E-state index contributed by atoms with van der Waals surface area (Å²) in [6, 6.07) is 11.1. The van der Waals surface area contributed by atoms with Crippen LogP contribution in [-0.4, -0.2) is 19.1 Å². The molecule has 5 heteroatoms. The van der Waals surface area contributed by atoms with E-state index < -0.39 is 0 Å². The van der Waals surface area contributed by atoms with E-state index in [0.717, 1.165) is 5.76 Å². The van der Waals surface area contributed by atoms with E-state index in [1.807, 2.05) is 50.2 Å². The van der Waals surface area contributed by atoms with E-state index in [1.54, 1.807) is 6.26 Å². The number of furan rings is 1. The molecule has 0 saturated heterocycles. The number of carbonyl (C=O) groups excluding carboxylic acids is 1. The number of benzene rings is 1. The first-order valence-corrected chi connectivity index (χ1v) is 6.99. The Labute approximate surface area is 124 Å². The Morgan fingerprint density at radius 1 is 1.29 bits per heavy atom. The van der Waals surface area contributed by atoms with E-state index in [1.165, 1.54) is 0 Å². The zero-order chi connectivity index (χ0) is 15.1. The fraction of sp³-hybridized carbons (Fsp3) is 0.312. The Bertz CT molecular complexity index is 567. The summed E-state index contributed by atoms with van der Waals surface area (Å²) in [5.74, 6) is 1.35. The maximum atomic E-state index is 12.0. The van der Waals surface area contributed by atoms with Gasteiger partial charge in [-0.05, 0) is 38.1 Å². The van der Waals surface area contributed by atoms with Gasteiger partial charge in [0, 0.05) is 0 Å². The third kappa shape index (κ3) is 4.36. The first kappa shape index (κ1) is 15.1. The number of carbonyl (C=O) groups is 1. The molecule has 2 aromatic rings. The summed E-state index contributed by atoms with van der Waals surface area (Å²) < 4.78 is 10.8. The van der Waals surface area contributed by atoms with Crippen molar-refractivity contribution in [2.75, 3.05) is 18.5 Å². The Kier molecular flexibility index (Phi) is 5.40. The van der Waals surface area contributed by atoms with Crippen LogP contribution >= 0.6 is 0 Å². The first-order chi connectivity index (χ1) is 10.2. The van der Waals surface area contributed by atoms with Gasteiger partial charge in [0.1, 0.15) is 11.5 Å². The molecule has 1 aromatic carbocycles. The Morgan fingerprint density at radius 2 is 2.10 bits per heavy atom. The molecule has 2 rings (SSSR count). The number of amides is 1. The van der Waals surface area contributed by atoms with Crippen LogP contribution < -0.4 is 15.4 Å². The molecule has 0 radical (unpaired) electrons. The minimum Gasteiger partial charge on any atom is -0.492 e. The lowest BCUT2D eigenvalue weighted by Gasteiger charge is -2.13. The third-order valence-corrected chi connectivity index (χ3v) is 3.00. The fourth-order valence-electron chi connectivity index (χ4n) is 1.93. The molecule has 5 nitrogen and oxygen atoms in total. The number of nitrogens with one attached hydrogen (secondary N) is 2. The Balaban J connectivity index is 1.87. The standard InChI is InChI=1S/C16H20N2O3/c1-3-20-15-8-5-4-7-13(15)18-16(19)11-17-12(2)14-9-6-10-21-14/h4-10,12,17H,3,11H2,1-2H3,(H,18,19)/t12-/m0/s1. The van der Waals surface area contributed by atoms with Gasteiger partial charge in [0.25, 0.3) is 0 Å². The molecule has 0 aliphatic rings. The zero-order valence-corrected chi connectivity index (χ0v) is 12.3. The van der Waals surface area contributed by atoms with Crippen molar-refractivity contribution in [3.8, 4) is 5.75 Å². The van der Waals surface area contributed by atoms with Gasteiger partial charge in [0.05, 0.1) is 31.1 Å². The van der Waals surface area contributed by atoms with Crippen LogP contribution in [0.4, 0.5) is 5.69 Å². The van der Waals surface area contributed by atoms with Crippen molar-refractivity contribution in [2.24, 2.45) is 0 Å². The number of ether oxygens (including phenoxy) is 1. The highest BCUT2D eigenvalue weighted by molar-refractivity contribution is 5.93. The van der Waals surface area contributed by atoms with Crippen molar-refractivity contribution < 1.29 is 13.9 Å². The summed E-state index contributed by atoms with van der Waals surface area (Å²) >= 11 is 0. The van der Waals surface area contributed by atoms with Crippen LogP contribution in [0.1, 0.15) is 25.6 Å².